The molecule has 0 bridgehead atoms. The van der Waals surface area contributed by atoms with Crippen molar-refractivity contribution in [2.75, 3.05) is 5.32 Å². The molecule has 0 heterocycles. The summed E-state index contributed by atoms with van der Waals surface area (Å²) in [7, 11) is 0. The van der Waals surface area contributed by atoms with Crippen LogP contribution in [0.25, 0.3) is 0 Å². The number of hydrogen-bond donors (Lipinski definition) is 2. The fourth-order valence-corrected chi connectivity index (χ4v) is 1.91. The Kier molecular flexibility index (Phi) is 5.03. The Morgan fingerprint density at radius 1 is 1.05 bits per heavy atom. The molecule has 0 aliphatic rings. The summed E-state index contributed by atoms with van der Waals surface area (Å²) in [6.45, 7) is 3.33. The van der Waals surface area contributed by atoms with E-state index < -0.39 is 0 Å². The van der Waals surface area contributed by atoms with Gasteiger partial charge in [-0.15, -0.1) is 0 Å². The van der Waals surface area contributed by atoms with Crippen LogP contribution in [-0.4, -0.2) is 18.0 Å². The molecule has 2 amide bonds. The van der Waals surface area contributed by atoms with Crippen LogP contribution in [0, 0.1) is 6.92 Å². The van der Waals surface area contributed by atoms with Gasteiger partial charge in [-0.05, 0) is 36.2 Å². The zero-order chi connectivity index (χ0) is 15.9. The summed E-state index contributed by atoms with van der Waals surface area (Å²) in [5.41, 5.74) is 5.53. The first-order valence-corrected chi connectivity index (χ1v) is 6.83. The molecule has 0 saturated heterocycles. The number of hydrazone groups is 1. The third-order valence-corrected chi connectivity index (χ3v) is 3.00. The Morgan fingerprint density at radius 2 is 1.73 bits per heavy atom. The highest BCUT2D eigenvalue weighted by Gasteiger charge is 2.06. The fourth-order valence-electron chi connectivity index (χ4n) is 1.91. The normalized spacial score (nSPS) is 10.5. The van der Waals surface area contributed by atoms with Crippen molar-refractivity contribution in [3.63, 3.8) is 0 Å². The minimum absolute atomic E-state index is 0.119. The van der Waals surface area contributed by atoms with Gasteiger partial charge in [0.05, 0.1) is 6.21 Å². The first-order chi connectivity index (χ1) is 10.6. The van der Waals surface area contributed by atoms with E-state index in [2.05, 4.69) is 15.8 Å². The molecule has 0 unspecified atom stereocenters. The van der Waals surface area contributed by atoms with Gasteiger partial charge in [-0.2, -0.15) is 5.10 Å². The van der Waals surface area contributed by atoms with Gasteiger partial charge in [0.25, 0.3) is 5.91 Å². The van der Waals surface area contributed by atoms with Crippen molar-refractivity contribution in [3.05, 3.63) is 65.2 Å². The van der Waals surface area contributed by atoms with Crippen molar-refractivity contribution < 1.29 is 9.59 Å². The SMILES string of the molecule is CC(=O)Nc1ccc(/C=N\NC(=O)c2ccccc2C)cc1. The van der Waals surface area contributed by atoms with Gasteiger partial charge in [-0.3, -0.25) is 9.59 Å². The molecule has 0 aliphatic carbocycles. The molecule has 2 rings (SSSR count). The Morgan fingerprint density at radius 3 is 2.36 bits per heavy atom. The lowest BCUT2D eigenvalue weighted by Crippen LogP contribution is -2.18. The van der Waals surface area contributed by atoms with Crippen molar-refractivity contribution in [1.29, 1.82) is 0 Å². The molecule has 0 spiro atoms. The van der Waals surface area contributed by atoms with Crippen LogP contribution >= 0.6 is 0 Å². The van der Waals surface area contributed by atoms with E-state index in [9.17, 15) is 9.59 Å². The van der Waals surface area contributed by atoms with Crippen LogP contribution in [0.15, 0.2) is 53.6 Å². The molecule has 2 aromatic carbocycles. The molecule has 112 valence electrons. The van der Waals surface area contributed by atoms with Gasteiger partial charge in [0.2, 0.25) is 5.91 Å². The van der Waals surface area contributed by atoms with E-state index in [0.29, 0.717) is 11.3 Å². The van der Waals surface area contributed by atoms with E-state index >= 15 is 0 Å². The van der Waals surface area contributed by atoms with Gasteiger partial charge in [0, 0.05) is 18.2 Å². The Hall–Kier alpha value is -2.95. The largest absolute Gasteiger partial charge is 0.326 e. The summed E-state index contributed by atoms with van der Waals surface area (Å²) in [4.78, 5) is 22.9. The maximum Gasteiger partial charge on any atom is 0.271 e. The van der Waals surface area contributed by atoms with Gasteiger partial charge in [-0.25, -0.2) is 5.43 Å². The number of hydrogen-bond acceptors (Lipinski definition) is 3. The third kappa shape index (κ3) is 4.28. The lowest BCUT2D eigenvalue weighted by atomic mass is 10.1. The molecular weight excluding hydrogens is 278 g/mol. The molecule has 5 heteroatoms. The van der Waals surface area contributed by atoms with Crippen LogP contribution in [0.3, 0.4) is 0 Å². The van der Waals surface area contributed by atoms with Crippen molar-refractivity contribution in [2.45, 2.75) is 13.8 Å². The predicted molar refractivity (Wildman–Crippen MR) is 87.0 cm³/mol. The van der Waals surface area contributed by atoms with Crippen molar-refractivity contribution >= 4 is 23.7 Å². The number of benzene rings is 2. The van der Waals surface area contributed by atoms with Gasteiger partial charge >= 0.3 is 0 Å². The fraction of sp³-hybridized carbons (Fsp3) is 0.118. The Bertz CT molecular complexity index is 706. The molecule has 22 heavy (non-hydrogen) atoms. The van der Waals surface area contributed by atoms with E-state index in [1.54, 1.807) is 36.5 Å². The van der Waals surface area contributed by atoms with Crippen LogP contribution in [-0.2, 0) is 4.79 Å². The number of carbonyl (C=O) groups excluding carboxylic acids is 2. The summed E-state index contributed by atoms with van der Waals surface area (Å²) >= 11 is 0. The van der Waals surface area contributed by atoms with E-state index in [1.165, 1.54) is 6.92 Å². The van der Waals surface area contributed by atoms with Crippen LogP contribution in [0.2, 0.25) is 0 Å². The maximum absolute atomic E-state index is 12.0. The molecular formula is C17H17N3O2. The number of rotatable bonds is 4. The van der Waals surface area contributed by atoms with Crippen molar-refractivity contribution in [1.82, 2.24) is 5.43 Å². The Labute approximate surface area is 129 Å². The first-order valence-electron chi connectivity index (χ1n) is 6.83. The summed E-state index contributed by atoms with van der Waals surface area (Å²) in [6.07, 6.45) is 1.55. The summed E-state index contributed by atoms with van der Waals surface area (Å²) in [5.74, 6) is -0.365. The first kappa shape index (κ1) is 15.4. The average Bonchev–Trinajstić information content (AvgIpc) is 2.49. The minimum atomic E-state index is -0.246. The number of aryl methyl sites for hydroxylation is 1. The number of amides is 2. The topological polar surface area (TPSA) is 70.6 Å². The molecule has 0 atom stereocenters. The molecule has 5 nitrogen and oxygen atoms in total. The maximum atomic E-state index is 12.0. The Balaban J connectivity index is 1.96. The smallest absolute Gasteiger partial charge is 0.271 e. The second kappa shape index (κ2) is 7.17. The van der Waals surface area contributed by atoms with Crippen molar-refractivity contribution in [3.8, 4) is 0 Å². The van der Waals surface area contributed by atoms with Gasteiger partial charge in [-0.1, -0.05) is 30.3 Å². The molecule has 2 aromatic rings. The molecule has 0 saturated carbocycles. The van der Waals surface area contributed by atoms with Gasteiger partial charge in [0.1, 0.15) is 0 Å². The molecule has 2 N–H and O–H groups in total. The highest BCUT2D eigenvalue weighted by Crippen LogP contribution is 2.08. The van der Waals surface area contributed by atoms with E-state index in [1.807, 2.05) is 25.1 Å². The monoisotopic (exact) mass is 295 g/mol. The van der Waals surface area contributed by atoms with Crippen LogP contribution in [0.5, 0.6) is 0 Å². The minimum Gasteiger partial charge on any atom is -0.326 e. The highest BCUT2D eigenvalue weighted by atomic mass is 16.2. The summed E-state index contributed by atoms with van der Waals surface area (Å²) < 4.78 is 0. The average molecular weight is 295 g/mol. The van der Waals surface area contributed by atoms with Crippen LogP contribution in [0.4, 0.5) is 5.69 Å². The predicted octanol–water partition coefficient (Wildman–Crippen LogP) is 2.72. The number of carbonyl (C=O) groups is 2. The third-order valence-electron chi connectivity index (χ3n) is 3.00. The summed E-state index contributed by atoms with van der Waals surface area (Å²) in [6, 6.07) is 14.5. The van der Waals surface area contributed by atoms with E-state index in [4.69, 9.17) is 0 Å². The molecule has 0 fully saturated rings. The summed E-state index contributed by atoms with van der Waals surface area (Å²) in [5, 5.41) is 6.62. The molecule has 0 aliphatic heterocycles. The second-order valence-electron chi connectivity index (χ2n) is 4.82. The quantitative estimate of drug-likeness (QED) is 0.672. The van der Waals surface area contributed by atoms with E-state index in [-0.39, 0.29) is 11.8 Å². The van der Waals surface area contributed by atoms with Crippen LogP contribution < -0.4 is 10.7 Å². The zero-order valence-corrected chi connectivity index (χ0v) is 12.5. The number of anilines is 1. The van der Waals surface area contributed by atoms with Gasteiger partial charge in [0.15, 0.2) is 0 Å². The number of nitrogens with zero attached hydrogens (tertiary/aromatic N) is 1. The standard InChI is InChI=1S/C17H17N3O2/c1-12-5-3-4-6-16(12)17(22)20-18-11-14-7-9-15(10-8-14)19-13(2)21/h3-11H,1-2H3,(H,19,21)(H,20,22)/b18-11-. The molecule has 0 aromatic heterocycles. The lowest BCUT2D eigenvalue weighted by molar-refractivity contribution is -0.114. The highest BCUT2D eigenvalue weighted by molar-refractivity contribution is 5.96. The molecule has 0 radical (unpaired) electrons. The van der Waals surface area contributed by atoms with Gasteiger partial charge < -0.3 is 5.32 Å². The number of nitrogens with one attached hydrogen (secondary N) is 2. The van der Waals surface area contributed by atoms with E-state index in [0.717, 1.165) is 11.1 Å². The zero-order valence-electron chi connectivity index (χ0n) is 12.5. The van der Waals surface area contributed by atoms with Crippen molar-refractivity contribution in [2.24, 2.45) is 5.10 Å². The van der Waals surface area contributed by atoms with Crippen LogP contribution in [0.1, 0.15) is 28.4 Å². The second-order valence-corrected chi connectivity index (χ2v) is 4.82. The lowest BCUT2D eigenvalue weighted by Gasteiger charge is -2.03.